The normalized spacial score (nSPS) is 11.6. The molecule has 0 saturated carbocycles. The molecular weight excluding hydrogens is 366 g/mol. The summed E-state index contributed by atoms with van der Waals surface area (Å²) in [5, 5.41) is 3.20. The smallest absolute Gasteiger partial charge is 0.291 e. The lowest BCUT2D eigenvalue weighted by Crippen LogP contribution is -2.11. The summed E-state index contributed by atoms with van der Waals surface area (Å²) in [6.45, 7) is 6.45. The van der Waals surface area contributed by atoms with E-state index in [0.717, 1.165) is 5.56 Å². The number of amides is 1. The van der Waals surface area contributed by atoms with E-state index < -0.39 is 0 Å². The zero-order valence-electron chi connectivity index (χ0n) is 16.5. The Balaban J connectivity index is 1.69. The molecule has 5 heteroatoms. The highest BCUT2D eigenvalue weighted by Gasteiger charge is 2.15. The maximum Gasteiger partial charge on any atom is 0.291 e. The molecular formula is C24H21NO4. The van der Waals surface area contributed by atoms with E-state index in [4.69, 9.17) is 8.83 Å². The summed E-state index contributed by atoms with van der Waals surface area (Å²) in [4.78, 5) is 24.7. The number of anilines is 1. The van der Waals surface area contributed by atoms with Crippen LogP contribution >= 0.6 is 0 Å². The maximum absolute atomic E-state index is 12.6. The molecule has 4 rings (SSSR count). The standard InChI is InChI=1S/C24H21NO4/c1-24(2,3)16-8-6-15(7-9-16)21-14-19(26)18-11-10-17(13-22(18)29-21)25-23(27)20-5-4-12-28-20/h4-14H,1-3H3,(H,25,27). The minimum Gasteiger partial charge on any atom is -0.459 e. The SMILES string of the molecule is CC(C)(C)c1ccc(-c2cc(=O)c3ccc(NC(=O)c4ccco4)cc3o2)cc1. The third-order valence-electron chi connectivity index (χ3n) is 4.77. The van der Waals surface area contributed by atoms with Gasteiger partial charge in [-0.1, -0.05) is 45.0 Å². The van der Waals surface area contributed by atoms with Crippen molar-refractivity contribution in [2.24, 2.45) is 0 Å². The van der Waals surface area contributed by atoms with Crippen LogP contribution in [0.2, 0.25) is 0 Å². The van der Waals surface area contributed by atoms with E-state index in [1.807, 2.05) is 24.3 Å². The van der Waals surface area contributed by atoms with Crippen molar-refractivity contribution in [2.45, 2.75) is 26.2 Å². The molecule has 4 aromatic rings. The number of furan rings is 1. The molecule has 0 saturated heterocycles. The molecule has 0 aliphatic heterocycles. The van der Waals surface area contributed by atoms with E-state index in [1.165, 1.54) is 17.9 Å². The van der Waals surface area contributed by atoms with Gasteiger partial charge >= 0.3 is 0 Å². The molecule has 0 atom stereocenters. The first-order chi connectivity index (χ1) is 13.8. The number of nitrogens with one attached hydrogen (secondary N) is 1. The Bertz CT molecular complexity index is 1230. The molecule has 1 N–H and O–H groups in total. The van der Waals surface area contributed by atoms with Gasteiger partial charge < -0.3 is 14.2 Å². The Kier molecular flexibility index (Phi) is 4.59. The lowest BCUT2D eigenvalue weighted by Gasteiger charge is -2.19. The van der Waals surface area contributed by atoms with Gasteiger partial charge in [-0.3, -0.25) is 9.59 Å². The van der Waals surface area contributed by atoms with Gasteiger partial charge in [-0.05, 0) is 35.2 Å². The monoisotopic (exact) mass is 387 g/mol. The average Bonchev–Trinajstić information content (AvgIpc) is 3.22. The summed E-state index contributed by atoms with van der Waals surface area (Å²) < 4.78 is 11.1. The molecule has 0 unspecified atom stereocenters. The van der Waals surface area contributed by atoms with E-state index in [2.05, 4.69) is 26.1 Å². The maximum atomic E-state index is 12.6. The average molecular weight is 387 g/mol. The van der Waals surface area contributed by atoms with Crippen LogP contribution in [0.25, 0.3) is 22.3 Å². The Morgan fingerprint density at radius 3 is 2.38 bits per heavy atom. The van der Waals surface area contributed by atoms with Gasteiger partial charge in [-0.25, -0.2) is 0 Å². The minimum atomic E-state index is -0.370. The molecule has 0 radical (unpaired) electrons. The molecule has 2 aromatic heterocycles. The highest BCUT2D eigenvalue weighted by atomic mass is 16.3. The molecule has 29 heavy (non-hydrogen) atoms. The number of carbonyl (C=O) groups is 1. The first-order valence-electron chi connectivity index (χ1n) is 9.35. The van der Waals surface area contributed by atoms with Gasteiger partial charge in [0.1, 0.15) is 11.3 Å². The fourth-order valence-corrected chi connectivity index (χ4v) is 3.11. The van der Waals surface area contributed by atoms with Crippen molar-refractivity contribution in [3.05, 3.63) is 88.5 Å². The molecule has 2 aromatic carbocycles. The van der Waals surface area contributed by atoms with Crippen LogP contribution in [0.15, 0.2) is 80.6 Å². The Hall–Kier alpha value is -3.60. The van der Waals surface area contributed by atoms with Crippen LogP contribution < -0.4 is 10.7 Å². The van der Waals surface area contributed by atoms with E-state index >= 15 is 0 Å². The first kappa shape index (κ1) is 18.7. The van der Waals surface area contributed by atoms with Crippen LogP contribution in [0.4, 0.5) is 5.69 Å². The number of hydrogen-bond donors (Lipinski definition) is 1. The molecule has 1 amide bonds. The molecule has 0 fully saturated rings. The van der Waals surface area contributed by atoms with Gasteiger partial charge in [0.15, 0.2) is 11.2 Å². The summed E-state index contributed by atoms with van der Waals surface area (Å²) in [6, 6.07) is 17.7. The molecule has 0 aliphatic carbocycles. The first-order valence-corrected chi connectivity index (χ1v) is 9.35. The van der Waals surface area contributed by atoms with Crippen LogP contribution in [0.1, 0.15) is 36.9 Å². The number of rotatable bonds is 3. The Morgan fingerprint density at radius 1 is 0.966 bits per heavy atom. The van der Waals surface area contributed by atoms with E-state index in [0.29, 0.717) is 22.4 Å². The highest BCUT2D eigenvalue weighted by molar-refractivity contribution is 6.03. The van der Waals surface area contributed by atoms with Crippen molar-refractivity contribution in [2.75, 3.05) is 5.32 Å². The predicted molar refractivity (Wildman–Crippen MR) is 113 cm³/mol. The largest absolute Gasteiger partial charge is 0.459 e. The van der Waals surface area contributed by atoms with Crippen molar-refractivity contribution in [3.63, 3.8) is 0 Å². The summed E-state index contributed by atoms with van der Waals surface area (Å²) in [6.07, 6.45) is 1.44. The minimum absolute atomic E-state index is 0.0455. The van der Waals surface area contributed by atoms with Gasteiger partial charge in [0, 0.05) is 23.4 Å². The molecule has 2 heterocycles. The third-order valence-corrected chi connectivity index (χ3v) is 4.77. The molecule has 0 aliphatic rings. The quantitative estimate of drug-likeness (QED) is 0.496. The van der Waals surface area contributed by atoms with Crippen LogP contribution in [0.5, 0.6) is 0 Å². The van der Waals surface area contributed by atoms with Gasteiger partial charge in [-0.2, -0.15) is 0 Å². The second kappa shape index (κ2) is 7.09. The summed E-state index contributed by atoms with van der Waals surface area (Å²) in [5.74, 6) is 0.322. The number of hydrogen-bond acceptors (Lipinski definition) is 4. The Labute approximate surface area is 168 Å². The van der Waals surface area contributed by atoms with Gasteiger partial charge in [0.25, 0.3) is 5.91 Å². The van der Waals surface area contributed by atoms with Crippen molar-refractivity contribution in [1.82, 2.24) is 0 Å². The third kappa shape index (κ3) is 3.85. The van der Waals surface area contributed by atoms with E-state index in [1.54, 1.807) is 30.3 Å². The zero-order chi connectivity index (χ0) is 20.6. The van der Waals surface area contributed by atoms with E-state index in [9.17, 15) is 9.59 Å². The fraction of sp³-hybridized carbons (Fsp3) is 0.167. The van der Waals surface area contributed by atoms with Crippen molar-refractivity contribution < 1.29 is 13.6 Å². The zero-order valence-corrected chi connectivity index (χ0v) is 16.5. The number of fused-ring (bicyclic) bond motifs is 1. The van der Waals surface area contributed by atoms with Crippen LogP contribution in [0, 0.1) is 0 Å². The van der Waals surface area contributed by atoms with Crippen molar-refractivity contribution in [1.29, 1.82) is 0 Å². The molecule has 0 bridgehead atoms. The van der Waals surface area contributed by atoms with E-state index in [-0.39, 0.29) is 22.5 Å². The van der Waals surface area contributed by atoms with Gasteiger partial charge in [0.2, 0.25) is 0 Å². The number of benzene rings is 2. The topological polar surface area (TPSA) is 72.5 Å². The second-order valence-electron chi connectivity index (χ2n) is 7.94. The van der Waals surface area contributed by atoms with Crippen molar-refractivity contribution >= 4 is 22.6 Å². The Morgan fingerprint density at radius 2 is 1.72 bits per heavy atom. The molecule has 146 valence electrons. The summed E-state index contributed by atoms with van der Waals surface area (Å²) in [5.41, 5.74) is 2.86. The van der Waals surface area contributed by atoms with Crippen LogP contribution in [-0.4, -0.2) is 5.91 Å². The lowest BCUT2D eigenvalue weighted by molar-refractivity contribution is 0.0996. The van der Waals surface area contributed by atoms with Gasteiger partial charge in [0.05, 0.1) is 11.6 Å². The van der Waals surface area contributed by atoms with Crippen LogP contribution in [-0.2, 0) is 5.41 Å². The second-order valence-corrected chi connectivity index (χ2v) is 7.94. The highest BCUT2D eigenvalue weighted by Crippen LogP contribution is 2.28. The number of carbonyl (C=O) groups excluding carboxylic acids is 1. The molecule has 5 nitrogen and oxygen atoms in total. The van der Waals surface area contributed by atoms with Crippen molar-refractivity contribution in [3.8, 4) is 11.3 Å². The van der Waals surface area contributed by atoms with Crippen LogP contribution in [0.3, 0.4) is 0 Å². The fourth-order valence-electron chi connectivity index (χ4n) is 3.11. The lowest BCUT2D eigenvalue weighted by atomic mass is 9.86. The van der Waals surface area contributed by atoms with Gasteiger partial charge in [-0.15, -0.1) is 0 Å². The predicted octanol–water partition coefficient (Wildman–Crippen LogP) is 5.60. The summed E-state index contributed by atoms with van der Waals surface area (Å²) in [7, 11) is 0. The molecule has 0 spiro atoms. The summed E-state index contributed by atoms with van der Waals surface area (Å²) >= 11 is 0.